The van der Waals surface area contributed by atoms with Crippen molar-refractivity contribution in [3.63, 3.8) is 0 Å². The number of rotatable bonds is 9. The van der Waals surface area contributed by atoms with Gasteiger partial charge in [-0.15, -0.1) is 0 Å². The Morgan fingerprint density at radius 3 is 2.06 bits per heavy atom. The zero-order chi connectivity index (χ0) is 25.8. The molecule has 0 bridgehead atoms. The summed E-state index contributed by atoms with van der Waals surface area (Å²) in [5.74, 6) is -1.78. The molecule has 8 heteroatoms. The second-order valence-electron chi connectivity index (χ2n) is 10.0. The fraction of sp³-hybridized carbons (Fsp3) is 0.444. The summed E-state index contributed by atoms with van der Waals surface area (Å²) in [7, 11) is 2.83. The lowest BCUT2D eigenvalue weighted by atomic mass is 9.87. The van der Waals surface area contributed by atoms with E-state index >= 15 is 0 Å². The lowest BCUT2D eigenvalue weighted by Crippen LogP contribution is -2.54. The first-order valence-electron chi connectivity index (χ1n) is 11.6. The van der Waals surface area contributed by atoms with Gasteiger partial charge in [0.05, 0.1) is 6.61 Å². The molecule has 0 heterocycles. The maximum Gasteiger partial charge on any atom is 0.407 e. The van der Waals surface area contributed by atoms with Crippen molar-refractivity contribution in [2.24, 2.45) is 5.41 Å². The third-order valence-corrected chi connectivity index (χ3v) is 6.17. The van der Waals surface area contributed by atoms with Gasteiger partial charge in [-0.05, 0) is 34.1 Å². The number of hydrogen-bond acceptors (Lipinski definition) is 5. The van der Waals surface area contributed by atoms with Crippen LogP contribution in [0, 0.1) is 5.41 Å². The maximum absolute atomic E-state index is 13.1. The van der Waals surface area contributed by atoms with Crippen LogP contribution in [-0.2, 0) is 19.1 Å². The van der Waals surface area contributed by atoms with Gasteiger partial charge in [0.25, 0.3) is 0 Å². The van der Waals surface area contributed by atoms with Gasteiger partial charge in [0, 0.05) is 20.1 Å². The molecule has 2 aromatic rings. The number of amides is 2. The number of carboxylic acids is 1. The van der Waals surface area contributed by atoms with Crippen LogP contribution in [0.1, 0.15) is 44.2 Å². The minimum atomic E-state index is -1.10. The van der Waals surface area contributed by atoms with E-state index in [2.05, 4.69) is 5.32 Å². The van der Waals surface area contributed by atoms with Gasteiger partial charge in [-0.1, -0.05) is 69.3 Å². The number of nitrogens with zero attached hydrogens (tertiary/aromatic N) is 1. The van der Waals surface area contributed by atoms with E-state index in [1.54, 1.807) is 0 Å². The molecule has 0 spiro atoms. The molecule has 2 atom stereocenters. The summed E-state index contributed by atoms with van der Waals surface area (Å²) in [6, 6.07) is 13.9. The van der Waals surface area contributed by atoms with Gasteiger partial charge in [-0.3, -0.25) is 4.79 Å². The number of fused-ring (bicyclic) bond motifs is 3. The minimum Gasteiger partial charge on any atom is -0.480 e. The molecule has 3 rings (SSSR count). The molecular formula is C27H34N2O6. The zero-order valence-corrected chi connectivity index (χ0v) is 20.9. The predicted octanol–water partition coefficient (Wildman–Crippen LogP) is 3.89. The number of carbonyl (C=O) groups excluding carboxylic acids is 2. The number of likely N-dealkylation sites (N-methyl/N-ethyl adjacent to an activating group) is 1. The fourth-order valence-electron chi connectivity index (χ4n) is 4.49. The van der Waals surface area contributed by atoms with Crippen molar-refractivity contribution in [2.45, 2.75) is 45.2 Å². The Morgan fingerprint density at radius 1 is 1.03 bits per heavy atom. The van der Waals surface area contributed by atoms with Crippen LogP contribution in [0.5, 0.6) is 0 Å². The Labute approximate surface area is 206 Å². The van der Waals surface area contributed by atoms with E-state index in [1.807, 2.05) is 69.3 Å². The molecule has 1 aliphatic rings. The fourth-order valence-corrected chi connectivity index (χ4v) is 4.49. The Bertz CT molecular complexity index is 1030. The van der Waals surface area contributed by atoms with Crippen molar-refractivity contribution >= 4 is 18.0 Å². The summed E-state index contributed by atoms with van der Waals surface area (Å²) in [4.78, 5) is 38.8. The molecule has 0 aromatic heterocycles. The molecule has 0 saturated heterocycles. The Kier molecular flexibility index (Phi) is 8.17. The number of methoxy groups -OCH3 is 1. The van der Waals surface area contributed by atoms with Crippen molar-refractivity contribution in [3.8, 4) is 11.1 Å². The molecule has 1 aliphatic carbocycles. The topological polar surface area (TPSA) is 105 Å². The van der Waals surface area contributed by atoms with Crippen LogP contribution in [0.4, 0.5) is 4.79 Å². The average Bonchev–Trinajstić information content (AvgIpc) is 3.13. The lowest BCUT2D eigenvalue weighted by molar-refractivity contribution is -0.151. The van der Waals surface area contributed by atoms with E-state index in [9.17, 15) is 19.5 Å². The smallest absolute Gasteiger partial charge is 0.407 e. The van der Waals surface area contributed by atoms with Gasteiger partial charge in [-0.25, -0.2) is 9.59 Å². The molecule has 0 fully saturated rings. The van der Waals surface area contributed by atoms with Crippen LogP contribution in [-0.4, -0.2) is 67.4 Å². The highest BCUT2D eigenvalue weighted by Gasteiger charge is 2.35. The first-order chi connectivity index (χ1) is 16.5. The van der Waals surface area contributed by atoms with E-state index in [-0.39, 0.29) is 31.0 Å². The lowest BCUT2D eigenvalue weighted by Gasteiger charge is -2.32. The van der Waals surface area contributed by atoms with Crippen LogP contribution >= 0.6 is 0 Å². The highest BCUT2D eigenvalue weighted by Crippen LogP contribution is 2.44. The van der Waals surface area contributed by atoms with E-state index in [0.717, 1.165) is 27.2 Å². The summed E-state index contributed by atoms with van der Waals surface area (Å²) < 4.78 is 10.7. The molecule has 2 amide bonds. The number of carboxylic acid groups (broad SMARTS) is 1. The molecule has 188 valence electrons. The Morgan fingerprint density at radius 2 is 1.57 bits per heavy atom. The van der Waals surface area contributed by atoms with Crippen LogP contribution in [0.25, 0.3) is 11.1 Å². The van der Waals surface area contributed by atoms with E-state index in [1.165, 1.54) is 14.2 Å². The highest BCUT2D eigenvalue weighted by molar-refractivity contribution is 5.89. The Hall–Kier alpha value is -3.39. The van der Waals surface area contributed by atoms with Crippen LogP contribution in [0.3, 0.4) is 0 Å². The van der Waals surface area contributed by atoms with Gasteiger partial charge in [-0.2, -0.15) is 0 Å². The Balaban J connectivity index is 1.68. The van der Waals surface area contributed by atoms with Crippen molar-refractivity contribution in [1.29, 1.82) is 0 Å². The van der Waals surface area contributed by atoms with E-state index in [0.29, 0.717) is 0 Å². The van der Waals surface area contributed by atoms with Gasteiger partial charge < -0.3 is 24.8 Å². The third kappa shape index (κ3) is 6.19. The summed E-state index contributed by atoms with van der Waals surface area (Å²) in [5.41, 5.74) is 4.08. The number of carbonyl (C=O) groups is 3. The molecule has 2 N–H and O–H groups in total. The first kappa shape index (κ1) is 26.2. The molecule has 8 nitrogen and oxygen atoms in total. The molecule has 0 aliphatic heterocycles. The van der Waals surface area contributed by atoms with Gasteiger partial charge in [0.2, 0.25) is 5.91 Å². The predicted molar refractivity (Wildman–Crippen MR) is 132 cm³/mol. The first-order valence-corrected chi connectivity index (χ1v) is 11.6. The van der Waals surface area contributed by atoms with Crippen LogP contribution in [0.15, 0.2) is 48.5 Å². The third-order valence-electron chi connectivity index (χ3n) is 6.17. The summed E-state index contributed by atoms with van der Waals surface area (Å²) in [6.07, 6.45) is -0.506. The highest BCUT2D eigenvalue weighted by atomic mass is 16.5. The zero-order valence-electron chi connectivity index (χ0n) is 20.9. The van der Waals surface area contributed by atoms with Crippen LogP contribution in [0.2, 0.25) is 0 Å². The molecule has 35 heavy (non-hydrogen) atoms. The van der Waals surface area contributed by atoms with Gasteiger partial charge >= 0.3 is 12.1 Å². The second-order valence-corrected chi connectivity index (χ2v) is 10.0. The monoisotopic (exact) mass is 482 g/mol. The maximum atomic E-state index is 13.1. The van der Waals surface area contributed by atoms with Crippen molar-refractivity contribution < 1.29 is 29.0 Å². The molecule has 2 aromatic carbocycles. The van der Waals surface area contributed by atoms with Crippen LogP contribution < -0.4 is 5.32 Å². The largest absolute Gasteiger partial charge is 0.480 e. The number of nitrogens with one attached hydrogen (secondary N) is 1. The minimum absolute atomic E-state index is 0.103. The molecular weight excluding hydrogens is 448 g/mol. The number of alkyl carbamates (subject to hydrolysis) is 1. The summed E-state index contributed by atoms with van der Waals surface area (Å²) in [5, 5.41) is 12.2. The van der Waals surface area contributed by atoms with Crippen molar-refractivity contribution in [2.75, 3.05) is 27.4 Å². The second kappa shape index (κ2) is 10.9. The molecule has 0 radical (unpaired) electrons. The van der Waals surface area contributed by atoms with Crippen molar-refractivity contribution in [1.82, 2.24) is 10.2 Å². The molecule has 0 saturated carbocycles. The normalized spacial score (nSPS) is 14.4. The number of aliphatic carboxylic acids is 1. The summed E-state index contributed by atoms with van der Waals surface area (Å²) >= 11 is 0. The molecule has 1 unspecified atom stereocenters. The number of hydrogen-bond donors (Lipinski definition) is 2. The van der Waals surface area contributed by atoms with Gasteiger partial charge in [0.1, 0.15) is 18.7 Å². The number of ether oxygens (including phenoxy) is 2. The van der Waals surface area contributed by atoms with E-state index in [4.69, 9.17) is 9.47 Å². The standard InChI is InChI=1S/C27H34N2O6/c1-27(2,3)14-23(25(31)32)29(4)24(30)22(16-34-5)28-26(33)35-15-21-19-12-8-6-10-17(19)18-11-7-9-13-20(18)21/h6-13,21-23H,14-16H2,1-5H3,(H,28,33)(H,31,32)/t22-,23?/m0/s1. The average molecular weight is 483 g/mol. The number of benzene rings is 2. The van der Waals surface area contributed by atoms with Crippen molar-refractivity contribution in [3.05, 3.63) is 59.7 Å². The van der Waals surface area contributed by atoms with Gasteiger partial charge in [0.15, 0.2) is 0 Å². The summed E-state index contributed by atoms with van der Waals surface area (Å²) in [6.45, 7) is 5.70. The SMILES string of the molecule is COC[C@H](NC(=O)OCC1c2ccccc2-c2ccccc21)C(=O)N(C)C(CC(C)(C)C)C(=O)O. The van der Waals surface area contributed by atoms with E-state index < -0.39 is 30.1 Å². The quantitative estimate of drug-likeness (QED) is 0.562.